The van der Waals surface area contributed by atoms with Crippen LogP contribution in [0.3, 0.4) is 0 Å². The summed E-state index contributed by atoms with van der Waals surface area (Å²) in [6.45, 7) is 2.19. The molecule has 2 aromatic heterocycles. The van der Waals surface area contributed by atoms with Gasteiger partial charge in [-0.1, -0.05) is 66.2 Å². The highest BCUT2D eigenvalue weighted by Gasteiger charge is 2.22. The fourth-order valence-electron chi connectivity index (χ4n) is 4.31. The summed E-state index contributed by atoms with van der Waals surface area (Å²) >= 11 is 6.59. The van der Waals surface area contributed by atoms with E-state index in [4.69, 9.17) is 22.3 Å². The zero-order valence-electron chi connectivity index (χ0n) is 20.6. The molecule has 5 rings (SSSR count). The van der Waals surface area contributed by atoms with Gasteiger partial charge in [-0.3, -0.25) is 9.89 Å². The number of aromatic nitrogens is 4. The molecule has 38 heavy (non-hydrogen) atoms. The monoisotopic (exact) mass is 527 g/mol. The minimum Gasteiger partial charge on any atom is -0.366 e. The Morgan fingerprint density at radius 2 is 1.82 bits per heavy atom. The van der Waals surface area contributed by atoms with Crippen molar-refractivity contribution in [2.75, 3.05) is 0 Å². The molecule has 0 bridgehead atoms. The van der Waals surface area contributed by atoms with Crippen LogP contribution >= 0.6 is 11.6 Å². The van der Waals surface area contributed by atoms with E-state index in [9.17, 15) is 9.59 Å². The number of nitrogens with one attached hydrogen (secondary N) is 4. The molecule has 3 amide bonds. The molecule has 0 saturated carbocycles. The van der Waals surface area contributed by atoms with Gasteiger partial charge in [0, 0.05) is 28.8 Å². The summed E-state index contributed by atoms with van der Waals surface area (Å²) in [5.74, 6) is 0.00401. The molecular formula is C28H26ClN7O2. The van der Waals surface area contributed by atoms with Crippen molar-refractivity contribution in [2.45, 2.75) is 25.9 Å². The van der Waals surface area contributed by atoms with Crippen molar-refractivity contribution in [1.29, 1.82) is 0 Å². The van der Waals surface area contributed by atoms with Crippen LogP contribution in [0.1, 0.15) is 39.0 Å². The van der Waals surface area contributed by atoms with E-state index in [0.29, 0.717) is 28.7 Å². The lowest BCUT2D eigenvalue weighted by molar-refractivity contribution is 0.1000. The molecule has 0 fully saturated rings. The molecule has 0 radical (unpaired) electrons. The Hall–Kier alpha value is -4.63. The van der Waals surface area contributed by atoms with E-state index >= 15 is 0 Å². The van der Waals surface area contributed by atoms with E-state index in [1.165, 1.54) is 0 Å². The molecule has 0 saturated heterocycles. The summed E-state index contributed by atoms with van der Waals surface area (Å²) in [6.07, 6.45) is 0.492. The van der Waals surface area contributed by atoms with Gasteiger partial charge in [-0.15, -0.1) is 0 Å². The average Bonchev–Trinajstić information content (AvgIpc) is 3.50. The van der Waals surface area contributed by atoms with Gasteiger partial charge in [-0.05, 0) is 42.7 Å². The van der Waals surface area contributed by atoms with E-state index in [2.05, 4.69) is 25.8 Å². The number of benzene rings is 3. The van der Waals surface area contributed by atoms with Crippen LogP contribution < -0.4 is 16.4 Å². The second-order valence-electron chi connectivity index (χ2n) is 9.00. The molecule has 9 nitrogen and oxygen atoms in total. The van der Waals surface area contributed by atoms with Crippen LogP contribution in [0.25, 0.3) is 22.2 Å². The molecule has 0 unspecified atom stereocenters. The number of primary amides is 1. The van der Waals surface area contributed by atoms with E-state index in [0.717, 1.165) is 33.3 Å². The number of fused-ring (bicyclic) bond motifs is 1. The number of imidazole rings is 1. The highest BCUT2D eigenvalue weighted by atomic mass is 35.5. The maximum atomic E-state index is 12.9. The number of nitrogens with zero attached hydrogens (tertiary/aromatic N) is 2. The van der Waals surface area contributed by atoms with Crippen LogP contribution in [0.15, 0.2) is 72.8 Å². The number of urea groups is 1. The standard InChI is InChI=1S/C28H26ClN7O2/c1-16-21-11-10-19(14-22(21)36-35-16)24-25(29)34-27(33-24)23(13-17-6-3-2-4-7-17)32-28(38)31-15-18-8-5-9-20(12-18)26(30)37/h2-12,14,23H,13,15H2,1H3,(H2,30,37)(H,33,34)(H,35,36)(H2,31,32,38)/t23-/m0/s1. The predicted molar refractivity (Wildman–Crippen MR) is 147 cm³/mol. The third-order valence-electron chi connectivity index (χ3n) is 6.28. The lowest BCUT2D eigenvalue weighted by Crippen LogP contribution is -2.38. The first-order valence-electron chi connectivity index (χ1n) is 12.0. The predicted octanol–water partition coefficient (Wildman–Crippen LogP) is 4.80. The van der Waals surface area contributed by atoms with Gasteiger partial charge in [0.15, 0.2) is 0 Å². The first kappa shape index (κ1) is 25.0. The van der Waals surface area contributed by atoms with E-state index < -0.39 is 18.0 Å². The topological polar surface area (TPSA) is 142 Å². The Morgan fingerprint density at radius 3 is 2.61 bits per heavy atom. The largest absolute Gasteiger partial charge is 0.366 e. The Bertz CT molecular complexity index is 1610. The normalized spacial score (nSPS) is 11.8. The van der Waals surface area contributed by atoms with Crippen LogP contribution in [0, 0.1) is 6.92 Å². The molecule has 192 valence electrons. The number of aryl methyl sites for hydroxylation is 1. The Kier molecular flexibility index (Phi) is 7.10. The number of hydrogen-bond donors (Lipinski definition) is 5. The van der Waals surface area contributed by atoms with Crippen molar-refractivity contribution < 1.29 is 9.59 Å². The minimum absolute atomic E-state index is 0.221. The maximum Gasteiger partial charge on any atom is 0.315 e. The summed E-state index contributed by atoms with van der Waals surface area (Å²) in [6, 6.07) is 21.6. The second kappa shape index (κ2) is 10.8. The molecule has 1 atom stereocenters. The number of nitrogens with two attached hydrogens (primary N) is 1. The van der Waals surface area contributed by atoms with Crippen LogP contribution in [0.5, 0.6) is 0 Å². The number of rotatable bonds is 8. The molecule has 0 spiro atoms. The Morgan fingerprint density at radius 1 is 1.03 bits per heavy atom. The molecule has 0 aliphatic heterocycles. The number of H-pyrrole nitrogens is 2. The molecule has 10 heteroatoms. The quantitative estimate of drug-likeness (QED) is 0.197. The number of halogens is 1. The zero-order valence-corrected chi connectivity index (χ0v) is 21.3. The van der Waals surface area contributed by atoms with Crippen molar-refractivity contribution in [2.24, 2.45) is 5.73 Å². The summed E-state index contributed by atoms with van der Waals surface area (Å²) in [5.41, 5.74) is 10.7. The third kappa shape index (κ3) is 5.52. The Balaban J connectivity index is 1.37. The molecule has 6 N–H and O–H groups in total. The van der Waals surface area contributed by atoms with Gasteiger partial charge < -0.3 is 21.4 Å². The van der Waals surface area contributed by atoms with Crippen molar-refractivity contribution >= 4 is 34.4 Å². The van der Waals surface area contributed by atoms with Gasteiger partial charge in [-0.25, -0.2) is 9.78 Å². The van der Waals surface area contributed by atoms with Crippen LogP contribution in [0.4, 0.5) is 4.79 Å². The smallest absolute Gasteiger partial charge is 0.315 e. The second-order valence-corrected chi connectivity index (χ2v) is 9.38. The first-order valence-corrected chi connectivity index (χ1v) is 12.4. The minimum atomic E-state index is -0.522. The van der Waals surface area contributed by atoms with E-state index in [1.807, 2.05) is 61.5 Å². The molecule has 5 aromatic rings. The number of carbonyl (C=O) groups is 2. The van der Waals surface area contributed by atoms with E-state index in [1.54, 1.807) is 18.2 Å². The number of hydrogen-bond acceptors (Lipinski definition) is 4. The number of carbonyl (C=O) groups excluding carboxylic acids is 2. The maximum absolute atomic E-state index is 12.9. The fraction of sp³-hybridized carbons (Fsp3) is 0.143. The lowest BCUT2D eigenvalue weighted by Gasteiger charge is -2.18. The van der Waals surface area contributed by atoms with Crippen LogP contribution in [-0.2, 0) is 13.0 Å². The van der Waals surface area contributed by atoms with Gasteiger partial charge in [-0.2, -0.15) is 5.10 Å². The summed E-state index contributed by atoms with van der Waals surface area (Å²) in [4.78, 5) is 32.3. The summed E-state index contributed by atoms with van der Waals surface area (Å²) in [7, 11) is 0. The average molecular weight is 528 g/mol. The lowest BCUT2D eigenvalue weighted by atomic mass is 10.1. The van der Waals surface area contributed by atoms with Gasteiger partial charge in [0.25, 0.3) is 0 Å². The van der Waals surface area contributed by atoms with E-state index in [-0.39, 0.29) is 6.54 Å². The SMILES string of the molecule is Cc1[nH]nc2cc(-c3nc([C@H](Cc4ccccc4)NC(=O)NCc4cccc(C(N)=O)c4)[nH]c3Cl)ccc12. The van der Waals surface area contributed by atoms with Crippen molar-refractivity contribution in [3.05, 3.63) is 106 Å². The number of aromatic amines is 2. The van der Waals surface area contributed by atoms with Crippen LogP contribution in [-0.4, -0.2) is 32.1 Å². The van der Waals surface area contributed by atoms with Gasteiger partial charge in [0.1, 0.15) is 16.7 Å². The highest BCUT2D eigenvalue weighted by Crippen LogP contribution is 2.30. The van der Waals surface area contributed by atoms with Gasteiger partial charge in [0.2, 0.25) is 5.91 Å². The highest BCUT2D eigenvalue weighted by molar-refractivity contribution is 6.32. The number of amides is 3. The molecular weight excluding hydrogens is 502 g/mol. The van der Waals surface area contributed by atoms with Gasteiger partial charge >= 0.3 is 6.03 Å². The molecule has 2 heterocycles. The molecule has 3 aromatic carbocycles. The van der Waals surface area contributed by atoms with Crippen molar-refractivity contribution in [3.63, 3.8) is 0 Å². The van der Waals surface area contributed by atoms with Crippen LogP contribution in [0.2, 0.25) is 5.15 Å². The fourth-order valence-corrected chi connectivity index (χ4v) is 4.56. The zero-order chi connectivity index (χ0) is 26.6. The first-order chi connectivity index (χ1) is 18.4. The van der Waals surface area contributed by atoms with Gasteiger partial charge in [0.05, 0.1) is 11.6 Å². The summed E-state index contributed by atoms with van der Waals surface area (Å²) in [5, 5.41) is 14.6. The molecule has 0 aliphatic carbocycles. The van der Waals surface area contributed by atoms with Crippen molar-refractivity contribution in [1.82, 2.24) is 30.8 Å². The summed E-state index contributed by atoms with van der Waals surface area (Å²) < 4.78 is 0. The van der Waals surface area contributed by atoms with Crippen molar-refractivity contribution in [3.8, 4) is 11.3 Å². The Labute approximate surface area is 223 Å². The third-order valence-corrected chi connectivity index (χ3v) is 6.55. The molecule has 0 aliphatic rings.